The molecule has 0 aliphatic carbocycles. The number of nitrogens with zero attached hydrogens (tertiary/aromatic N) is 2. The number of nitrogens with one attached hydrogen (secondary N) is 1. The number of amides is 1. The van der Waals surface area contributed by atoms with E-state index in [4.69, 9.17) is 16.6 Å². The average Bonchev–Trinajstić information content (AvgIpc) is 3.39. The van der Waals surface area contributed by atoms with Gasteiger partial charge in [0.05, 0.1) is 11.4 Å². The summed E-state index contributed by atoms with van der Waals surface area (Å²) in [6.07, 6.45) is 2.69. The summed E-state index contributed by atoms with van der Waals surface area (Å²) in [5.41, 5.74) is 5.38. The van der Waals surface area contributed by atoms with Crippen LogP contribution in [0.5, 0.6) is 0 Å². The van der Waals surface area contributed by atoms with Gasteiger partial charge in [-0.05, 0) is 43.2 Å². The molecule has 1 amide bonds. The van der Waals surface area contributed by atoms with Crippen LogP contribution in [0.25, 0.3) is 22.0 Å². The van der Waals surface area contributed by atoms with Crippen molar-refractivity contribution in [3.8, 4) is 22.0 Å². The lowest BCUT2D eigenvalue weighted by atomic mass is 10.1. The fraction of sp³-hybridized carbons (Fsp3) is 0.167. The second-order valence-electron chi connectivity index (χ2n) is 7.15. The molecule has 0 unspecified atom stereocenters. The van der Waals surface area contributed by atoms with Crippen LogP contribution in [0.4, 0.5) is 0 Å². The van der Waals surface area contributed by atoms with Crippen molar-refractivity contribution < 1.29 is 4.79 Å². The third kappa shape index (κ3) is 4.99. The van der Waals surface area contributed by atoms with Gasteiger partial charge in [0.25, 0.3) is 0 Å². The fourth-order valence-corrected chi connectivity index (χ4v) is 4.20. The molecular weight excluding hydrogens is 414 g/mol. The average molecular weight is 436 g/mol. The maximum Gasteiger partial charge on any atom is 0.239 e. The number of benzene rings is 2. The minimum atomic E-state index is -0.0169. The first-order valence-electron chi connectivity index (χ1n) is 9.78. The van der Waals surface area contributed by atoms with E-state index in [2.05, 4.69) is 41.9 Å². The molecule has 0 spiro atoms. The maximum absolute atomic E-state index is 12.4. The minimum absolute atomic E-state index is 0.0169. The molecule has 0 saturated carbocycles. The van der Waals surface area contributed by atoms with E-state index in [1.807, 2.05) is 47.2 Å². The van der Waals surface area contributed by atoms with Crippen molar-refractivity contribution in [3.63, 3.8) is 0 Å². The zero-order chi connectivity index (χ0) is 20.9. The molecule has 4 nitrogen and oxygen atoms in total. The quantitative estimate of drug-likeness (QED) is 0.410. The second-order valence-corrected chi connectivity index (χ2v) is 8.45. The molecule has 4 rings (SSSR count). The number of rotatable bonds is 7. The summed E-state index contributed by atoms with van der Waals surface area (Å²) in [6, 6.07) is 20.0. The fourth-order valence-electron chi connectivity index (χ4n) is 3.20. The zero-order valence-electron chi connectivity index (χ0n) is 16.6. The van der Waals surface area contributed by atoms with E-state index in [-0.39, 0.29) is 12.5 Å². The van der Waals surface area contributed by atoms with Crippen molar-refractivity contribution >= 4 is 28.8 Å². The summed E-state index contributed by atoms with van der Waals surface area (Å²) in [4.78, 5) is 17.2. The highest BCUT2D eigenvalue weighted by atomic mass is 35.5. The summed E-state index contributed by atoms with van der Waals surface area (Å²) in [6.45, 7) is 2.93. The summed E-state index contributed by atoms with van der Waals surface area (Å²) in [5.74, 6) is -0.0169. The monoisotopic (exact) mass is 435 g/mol. The first-order chi connectivity index (χ1) is 14.6. The molecule has 2 aromatic carbocycles. The number of aromatic nitrogens is 2. The van der Waals surface area contributed by atoms with Crippen molar-refractivity contribution in [2.75, 3.05) is 6.54 Å². The minimum Gasteiger partial charge on any atom is -0.354 e. The van der Waals surface area contributed by atoms with Crippen molar-refractivity contribution in [2.45, 2.75) is 19.9 Å². The molecule has 1 N–H and O–H groups in total. The largest absolute Gasteiger partial charge is 0.354 e. The van der Waals surface area contributed by atoms with Crippen molar-refractivity contribution in [2.24, 2.45) is 0 Å². The molecular formula is C24H22ClN3OS. The molecule has 0 aliphatic rings. The summed E-state index contributed by atoms with van der Waals surface area (Å²) >= 11 is 7.50. The van der Waals surface area contributed by atoms with Crippen LogP contribution in [0.1, 0.15) is 11.1 Å². The Kier molecular flexibility index (Phi) is 6.31. The Labute approximate surface area is 185 Å². The number of carbonyl (C=O) groups excluding carboxylic acids is 1. The van der Waals surface area contributed by atoms with E-state index in [0.717, 1.165) is 39.0 Å². The molecule has 0 aliphatic heterocycles. The van der Waals surface area contributed by atoms with Crippen LogP contribution >= 0.6 is 22.9 Å². The lowest BCUT2D eigenvalue weighted by Crippen LogP contribution is -2.29. The van der Waals surface area contributed by atoms with E-state index in [0.29, 0.717) is 6.54 Å². The Hall–Kier alpha value is -2.89. The van der Waals surface area contributed by atoms with E-state index < -0.39 is 0 Å². The van der Waals surface area contributed by atoms with Gasteiger partial charge in [-0.1, -0.05) is 53.6 Å². The Bertz CT molecular complexity index is 1130. The maximum atomic E-state index is 12.4. The molecule has 152 valence electrons. The van der Waals surface area contributed by atoms with E-state index >= 15 is 0 Å². The van der Waals surface area contributed by atoms with Crippen molar-refractivity contribution in [3.05, 3.63) is 88.4 Å². The van der Waals surface area contributed by atoms with E-state index in [9.17, 15) is 4.79 Å². The molecule has 4 aromatic rings. The molecule has 6 heteroatoms. The first-order valence-corrected chi connectivity index (χ1v) is 11.0. The van der Waals surface area contributed by atoms with E-state index in [1.54, 1.807) is 11.3 Å². The van der Waals surface area contributed by atoms with Crippen LogP contribution in [-0.2, 0) is 17.8 Å². The van der Waals surface area contributed by atoms with Gasteiger partial charge >= 0.3 is 0 Å². The SMILES string of the molecule is Cc1ccc(-c2csc(-c3cccn3CC(=O)NCCc3ccc(Cl)cc3)n2)cc1. The van der Waals surface area contributed by atoms with Crippen LogP contribution < -0.4 is 5.32 Å². The Balaban J connectivity index is 1.38. The molecule has 0 radical (unpaired) electrons. The lowest BCUT2D eigenvalue weighted by molar-refractivity contribution is -0.121. The second kappa shape index (κ2) is 9.28. The molecule has 0 atom stereocenters. The predicted octanol–water partition coefficient (Wildman–Crippen LogP) is 5.60. The number of carbonyl (C=O) groups is 1. The summed E-state index contributed by atoms with van der Waals surface area (Å²) in [7, 11) is 0. The van der Waals surface area contributed by atoms with Gasteiger partial charge in [-0.25, -0.2) is 4.98 Å². The van der Waals surface area contributed by atoms with Crippen molar-refractivity contribution in [1.29, 1.82) is 0 Å². The van der Waals surface area contributed by atoms with Crippen LogP contribution in [-0.4, -0.2) is 22.0 Å². The van der Waals surface area contributed by atoms with Gasteiger partial charge in [-0.2, -0.15) is 0 Å². The topological polar surface area (TPSA) is 46.9 Å². The first kappa shape index (κ1) is 20.4. The number of thiazole rings is 1. The van der Waals surface area contributed by atoms with Crippen molar-refractivity contribution in [1.82, 2.24) is 14.9 Å². The lowest BCUT2D eigenvalue weighted by Gasteiger charge is -2.09. The molecule has 2 aromatic heterocycles. The van der Waals surface area contributed by atoms with Crippen LogP contribution in [0, 0.1) is 6.92 Å². The van der Waals surface area contributed by atoms with Crippen LogP contribution in [0.3, 0.4) is 0 Å². The smallest absolute Gasteiger partial charge is 0.239 e. The standard InChI is InChI=1S/C24H22ClN3OS/c1-17-4-8-19(9-5-17)21-16-30-24(27-21)22-3-2-14-28(22)15-23(29)26-13-12-18-6-10-20(25)11-7-18/h2-11,14,16H,12-13,15H2,1H3,(H,26,29). The van der Waals surface area contributed by atoms with Gasteiger partial charge in [-0.15, -0.1) is 11.3 Å². The van der Waals surface area contributed by atoms with Gasteiger partial charge in [0.15, 0.2) is 0 Å². The van der Waals surface area contributed by atoms with Gasteiger partial charge in [0.2, 0.25) is 5.91 Å². The summed E-state index contributed by atoms with van der Waals surface area (Å²) in [5, 5.41) is 6.67. The number of halogens is 1. The molecule has 2 heterocycles. The highest BCUT2D eigenvalue weighted by Gasteiger charge is 2.12. The van der Waals surface area contributed by atoms with Gasteiger partial charge in [-0.3, -0.25) is 4.79 Å². The van der Waals surface area contributed by atoms with Gasteiger partial charge in [0, 0.05) is 28.7 Å². The zero-order valence-corrected chi connectivity index (χ0v) is 18.2. The Morgan fingerprint density at radius 1 is 1.10 bits per heavy atom. The predicted molar refractivity (Wildman–Crippen MR) is 124 cm³/mol. The highest BCUT2D eigenvalue weighted by molar-refractivity contribution is 7.13. The molecule has 0 bridgehead atoms. The molecule has 30 heavy (non-hydrogen) atoms. The highest BCUT2D eigenvalue weighted by Crippen LogP contribution is 2.29. The summed E-state index contributed by atoms with van der Waals surface area (Å²) < 4.78 is 1.94. The van der Waals surface area contributed by atoms with Crippen LogP contribution in [0.2, 0.25) is 5.02 Å². The Morgan fingerprint density at radius 2 is 1.87 bits per heavy atom. The van der Waals surface area contributed by atoms with E-state index in [1.165, 1.54) is 5.56 Å². The number of hydrogen-bond acceptors (Lipinski definition) is 3. The Morgan fingerprint density at radius 3 is 2.63 bits per heavy atom. The normalized spacial score (nSPS) is 10.9. The molecule has 0 saturated heterocycles. The number of hydrogen-bond donors (Lipinski definition) is 1. The van der Waals surface area contributed by atoms with Gasteiger partial charge in [0.1, 0.15) is 11.6 Å². The third-order valence-corrected chi connectivity index (χ3v) is 5.98. The third-order valence-electron chi connectivity index (χ3n) is 4.86. The van der Waals surface area contributed by atoms with Crippen LogP contribution in [0.15, 0.2) is 72.2 Å². The number of aryl methyl sites for hydroxylation is 1. The van der Waals surface area contributed by atoms with Gasteiger partial charge < -0.3 is 9.88 Å². The molecule has 0 fully saturated rings.